The predicted molar refractivity (Wildman–Crippen MR) is 87.3 cm³/mol. The van der Waals surface area contributed by atoms with E-state index in [2.05, 4.69) is 16.9 Å². The van der Waals surface area contributed by atoms with Crippen molar-refractivity contribution in [3.63, 3.8) is 0 Å². The van der Waals surface area contributed by atoms with E-state index in [4.69, 9.17) is 13.9 Å². The highest BCUT2D eigenvalue weighted by Gasteiger charge is 2.35. The van der Waals surface area contributed by atoms with Crippen LogP contribution in [0, 0.1) is 0 Å². The molecule has 1 aliphatic heterocycles. The molecule has 1 N–H and O–H groups in total. The minimum atomic E-state index is -0.545. The quantitative estimate of drug-likeness (QED) is 0.818. The molecule has 3 rings (SSSR count). The molecule has 0 radical (unpaired) electrons. The summed E-state index contributed by atoms with van der Waals surface area (Å²) in [6, 6.07) is 3.68. The van der Waals surface area contributed by atoms with Gasteiger partial charge in [-0.3, -0.25) is 9.58 Å². The highest BCUT2D eigenvalue weighted by atomic mass is 16.5. The fourth-order valence-electron chi connectivity index (χ4n) is 3.02. The molecule has 0 spiro atoms. The topological polar surface area (TPSA) is 72.9 Å². The SMILES string of the molecule is Cn1cc(C2(C)CN(CC(O)COCc3ccco3)CCO2)cn1. The maximum atomic E-state index is 10.2. The number of β-amino-alcohol motifs (C(OH)–C–C–N with tert-alkyl or cyclic N) is 1. The third-order valence-electron chi connectivity index (χ3n) is 4.27. The van der Waals surface area contributed by atoms with Gasteiger partial charge in [0.2, 0.25) is 0 Å². The molecule has 2 unspecified atom stereocenters. The first-order valence-corrected chi connectivity index (χ1v) is 8.19. The van der Waals surface area contributed by atoms with E-state index < -0.39 is 11.7 Å². The molecule has 0 bridgehead atoms. The van der Waals surface area contributed by atoms with E-state index in [1.807, 2.05) is 31.6 Å². The number of morpholine rings is 1. The molecule has 1 fully saturated rings. The van der Waals surface area contributed by atoms with Gasteiger partial charge in [0, 0.05) is 38.4 Å². The van der Waals surface area contributed by atoms with Gasteiger partial charge in [-0.25, -0.2) is 0 Å². The molecular formula is C17H25N3O4. The summed E-state index contributed by atoms with van der Waals surface area (Å²) in [5.41, 5.74) is 0.652. The zero-order valence-corrected chi connectivity index (χ0v) is 14.2. The Balaban J connectivity index is 1.47. The average Bonchev–Trinajstić information content (AvgIpc) is 3.19. The lowest BCUT2D eigenvalue weighted by Crippen LogP contribution is -2.50. The van der Waals surface area contributed by atoms with Crippen molar-refractivity contribution in [1.82, 2.24) is 14.7 Å². The van der Waals surface area contributed by atoms with Crippen molar-refractivity contribution in [1.29, 1.82) is 0 Å². The second kappa shape index (κ2) is 7.48. The highest BCUT2D eigenvalue weighted by Crippen LogP contribution is 2.29. The van der Waals surface area contributed by atoms with Crippen LogP contribution in [0.15, 0.2) is 35.2 Å². The molecule has 7 heteroatoms. The third kappa shape index (κ3) is 4.24. The molecular weight excluding hydrogens is 310 g/mol. The Labute approximate surface area is 141 Å². The van der Waals surface area contributed by atoms with Gasteiger partial charge in [0.05, 0.1) is 31.8 Å². The molecule has 0 saturated carbocycles. The van der Waals surface area contributed by atoms with E-state index in [1.54, 1.807) is 10.9 Å². The summed E-state index contributed by atoms with van der Waals surface area (Å²) in [6.45, 7) is 5.42. The van der Waals surface area contributed by atoms with Crippen LogP contribution < -0.4 is 0 Å². The highest BCUT2D eigenvalue weighted by molar-refractivity contribution is 5.16. The van der Waals surface area contributed by atoms with Gasteiger partial charge in [0.25, 0.3) is 0 Å². The smallest absolute Gasteiger partial charge is 0.129 e. The van der Waals surface area contributed by atoms with E-state index in [1.165, 1.54) is 0 Å². The number of hydrogen-bond donors (Lipinski definition) is 1. The zero-order valence-electron chi connectivity index (χ0n) is 14.2. The summed E-state index contributed by atoms with van der Waals surface area (Å²) in [4.78, 5) is 2.21. The molecule has 2 aromatic heterocycles. The molecule has 2 aromatic rings. The molecule has 0 amide bonds. The Morgan fingerprint density at radius 1 is 1.50 bits per heavy atom. The summed E-state index contributed by atoms with van der Waals surface area (Å²) in [6.07, 6.45) is 4.89. The van der Waals surface area contributed by atoms with Gasteiger partial charge in [0.15, 0.2) is 0 Å². The van der Waals surface area contributed by atoms with Crippen molar-refractivity contribution in [2.75, 3.05) is 32.8 Å². The van der Waals surface area contributed by atoms with Gasteiger partial charge < -0.3 is 19.0 Å². The number of aliphatic hydroxyl groups is 1. The lowest BCUT2D eigenvalue weighted by molar-refractivity contribution is -0.113. The van der Waals surface area contributed by atoms with Gasteiger partial charge in [-0.05, 0) is 19.1 Å². The summed E-state index contributed by atoms with van der Waals surface area (Å²) in [7, 11) is 1.90. The molecule has 132 valence electrons. The van der Waals surface area contributed by atoms with Crippen LogP contribution in [0.3, 0.4) is 0 Å². The summed E-state index contributed by atoms with van der Waals surface area (Å²) in [5, 5.41) is 14.4. The average molecular weight is 335 g/mol. The van der Waals surface area contributed by atoms with Crippen LogP contribution in [0.2, 0.25) is 0 Å². The molecule has 1 saturated heterocycles. The minimum Gasteiger partial charge on any atom is -0.467 e. The molecule has 24 heavy (non-hydrogen) atoms. The summed E-state index contributed by atoms with van der Waals surface area (Å²) < 4.78 is 18.5. The number of hydrogen-bond acceptors (Lipinski definition) is 6. The van der Waals surface area contributed by atoms with E-state index in [0.717, 1.165) is 17.9 Å². The van der Waals surface area contributed by atoms with Crippen molar-refractivity contribution < 1.29 is 19.0 Å². The van der Waals surface area contributed by atoms with E-state index in [0.29, 0.717) is 26.3 Å². The predicted octanol–water partition coefficient (Wildman–Crippen LogP) is 1.14. The van der Waals surface area contributed by atoms with Crippen molar-refractivity contribution >= 4 is 0 Å². The zero-order chi connectivity index (χ0) is 17.0. The van der Waals surface area contributed by atoms with Crippen molar-refractivity contribution in [2.45, 2.75) is 25.2 Å². The van der Waals surface area contributed by atoms with Crippen LogP contribution in [-0.4, -0.2) is 58.7 Å². The lowest BCUT2D eigenvalue weighted by atomic mass is 9.97. The third-order valence-corrected chi connectivity index (χ3v) is 4.27. The molecule has 7 nitrogen and oxygen atoms in total. The maximum absolute atomic E-state index is 10.2. The summed E-state index contributed by atoms with van der Waals surface area (Å²) in [5.74, 6) is 0.762. The Morgan fingerprint density at radius 3 is 3.08 bits per heavy atom. The Morgan fingerprint density at radius 2 is 2.38 bits per heavy atom. The number of aliphatic hydroxyl groups excluding tert-OH is 1. The normalized spacial score (nSPS) is 23.5. The van der Waals surface area contributed by atoms with E-state index in [-0.39, 0.29) is 6.61 Å². The van der Waals surface area contributed by atoms with Crippen LogP contribution in [0.1, 0.15) is 18.2 Å². The fourth-order valence-corrected chi connectivity index (χ4v) is 3.02. The Hall–Kier alpha value is -1.67. The lowest BCUT2D eigenvalue weighted by Gasteiger charge is -2.40. The largest absolute Gasteiger partial charge is 0.467 e. The standard InChI is InChI=1S/C17H25N3O4/c1-17(14-8-18-19(2)9-14)13-20(5-7-24-17)10-15(21)11-22-12-16-4-3-6-23-16/h3-4,6,8-9,15,21H,5,7,10-13H2,1-2H3. The van der Waals surface area contributed by atoms with Crippen LogP contribution in [0.5, 0.6) is 0 Å². The first-order valence-electron chi connectivity index (χ1n) is 8.19. The van der Waals surface area contributed by atoms with Gasteiger partial charge >= 0.3 is 0 Å². The number of nitrogens with zero attached hydrogens (tertiary/aromatic N) is 3. The van der Waals surface area contributed by atoms with Crippen molar-refractivity contribution in [2.24, 2.45) is 7.05 Å². The van der Waals surface area contributed by atoms with Crippen LogP contribution in [-0.2, 0) is 28.7 Å². The van der Waals surface area contributed by atoms with Crippen molar-refractivity contribution in [3.8, 4) is 0 Å². The molecule has 0 aromatic carbocycles. The monoisotopic (exact) mass is 335 g/mol. The van der Waals surface area contributed by atoms with Crippen LogP contribution in [0.25, 0.3) is 0 Å². The van der Waals surface area contributed by atoms with Crippen LogP contribution in [0.4, 0.5) is 0 Å². The number of furan rings is 1. The van der Waals surface area contributed by atoms with Crippen LogP contribution >= 0.6 is 0 Å². The molecule has 1 aliphatic rings. The maximum Gasteiger partial charge on any atom is 0.129 e. The first-order chi connectivity index (χ1) is 11.5. The van der Waals surface area contributed by atoms with E-state index in [9.17, 15) is 5.11 Å². The number of ether oxygens (including phenoxy) is 2. The van der Waals surface area contributed by atoms with Gasteiger partial charge in [-0.15, -0.1) is 0 Å². The number of aromatic nitrogens is 2. The van der Waals surface area contributed by atoms with Gasteiger partial charge in [-0.1, -0.05) is 0 Å². The molecule has 0 aliphatic carbocycles. The first kappa shape index (κ1) is 17.2. The molecule has 3 heterocycles. The summed E-state index contributed by atoms with van der Waals surface area (Å²) >= 11 is 0. The number of aryl methyl sites for hydroxylation is 1. The second-order valence-corrected chi connectivity index (χ2v) is 6.47. The Kier molecular flexibility index (Phi) is 5.35. The van der Waals surface area contributed by atoms with Gasteiger partial charge in [0.1, 0.15) is 18.0 Å². The van der Waals surface area contributed by atoms with E-state index >= 15 is 0 Å². The van der Waals surface area contributed by atoms with Gasteiger partial charge in [-0.2, -0.15) is 5.10 Å². The second-order valence-electron chi connectivity index (χ2n) is 6.47. The fraction of sp³-hybridized carbons (Fsp3) is 0.588. The molecule has 2 atom stereocenters. The van der Waals surface area contributed by atoms with Crippen molar-refractivity contribution in [3.05, 3.63) is 42.1 Å². The minimum absolute atomic E-state index is 0.279. The Bertz CT molecular complexity index is 628. The number of rotatable bonds is 7.